The van der Waals surface area contributed by atoms with Crippen molar-refractivity contribution in [2.24, 2.45) is 5.73 Å². The Labute approximate surface area is 84.4 Å². The minimum atomic E-state index is -0.335. The normalized spacial score (nSPS) is 12.1. The summed E-state index contributed by atoms with van der Waals surface area (Å²) in [7, 11) is 0. The first kappa shape index (κ1) is 10.5. The molecule has 0 saturated carbocycles. The average molecular weight is 189 g/mol. The molecule has 0 atom stereocenters. The zero-order valence-electron chi connectivity index (χ0n) is 8.58. The van der Waals surface area contributed by atoms with Crippen LogP contribution in [0.5, 0.6) is 0 Å². The Morgan fingerprint density at radius 3 is 2.29 bits per heavy atom. The third kappa shape index (κ3) is 2.73. The van der Waals surface area contributed by atoms with Crippen LogP contribution >= 0.6 is 0 Å². The van der Waals surface area contributed by atoms with Crippen LogP contribution in [0.4, 0.5) is 0 Å². The molecule has 0 saturated heterocycles. The van der Waals surface area contributed by atoms with E-state index in [9.17, 15) is 4.79 Å². The van der Waals surface area contributed by atoms with Gasteiger partial charge in [0.15, 0.2) is 0 Å². The highest BCUT2D eigenvalue weighted by Crippen LogP contribution is 2.10. The van der Waals surface area contributed by atoms with Gasteiger partial charge in [-0.15, -0.1) is 0 Å². The van der Waals surface area contributed by atoms with Crippen molar-refractivity contribution in [2.75, 3.05) is 0 Å². The lowest BCUT2D eigenvalue weighted by Gasteiger charge is -2.04. The van der Waals surface area contributed by atoms with Gasteiger partial charge in [-0.3, -0.25) is 4.79 Å². The number of amides is 1. The third-order valence-electron chi connectivity index (χ3n) is 2.32. The van der Waals surface area contributed by atoms with Crippen molar-refractivity contribution in [3.05, 3.63) is 47.0 Å². The monoisotopic (exact) mass is 189 g/mol. The predicted octanol–water partition coefficient (Wildman–Crippen LogP) is 2.05. The van der Waals surface area contributed by atoms with E-state index in [1.165, 1.54) is 5.56 Å². The second kappa shape index (κ2) is 4.61. The van der Waals surface area contributed by atoms with E-state index < -0.39 is 0 Å². The smallest absolute Gasteiger partial charge is 0.244 e. The van der Waals surface area contributed by atoms with Crippen molar-refractivity contribution in [3.8, 4) is 0 Å². The van der Waals surface area contributed by atoms with Crippen molar-refractivity contribution >= 4 is 5.91 Å². The van der Waals surface area contributed by atoms with Gasteiger partial charge < -0.3 is 5.73 Å². The molecule has 0 aliphatic carbocycles. The first-order valence-corrected chi connectivity index (χ1v) is 4.61. The van der Waals surface area contributed by atoms with Crippen LogP contribution in [0.3, 0.4) is 0 Å². The van der Waals surface area contributed by atoms with E-state index in [4.69, 9.17) is 5.73 Å². The van der Waals surface area contributed by atoms with E-state index in [2.05, 4.69) is 0 Å². The van der Waals surface area contributed by atoms with E-state index >= 15 is 0 Å². The highest BCUT2D eigenvalue weighted by atomic mass is 16.1. The fourth-order valence-corrected chi connectivity index (χ4v) is 1.24. The van der Waals surface area contributed by atoms with Crippen molar-refractivity contribution in [1.29, 1.82) is 0 Å². The van der Waals surface area contributed by atoms with Crippen LogP contribution in [-0.2, 0) is 11.2 Å². The number of hydrogen-bond donors (Lipinski definition) is 1. The summed E-state index contributed by atoms with van der Waals surface area (Å²) in [4.78, 5) is 10.9. The third-order valence-corrected chi connectivity index (χ3v) is 2.32. The summed E-state index contributed by atoms with van der Waals surface area (Å²) in [6.45, 7) is 3.70. The molecule has 0 aliphatic rings. The summed E-state index contributed by atoms with van der Waals surface area (Å²) in [5.74, 6) is -0.335. The molecule has 1 amide bonds. The second-order valence-corrected chi connectivity index (χ2v) is 3.43. The molecular weight excluding hydrogens is 174 g/mol. The maximum Gasteiger partial charge on any atom is 0.244 e. The van der Waals surface area contributed by atoms with E-state index in [-0.39, 0.29) is 5.91 Å². The van der Waals surface area contributed by atoms with E-state index in [0.29, 0.717) is 5.57 Å². The van der Waals surface area contributed by atoms with Gasteiger partial charge >= 0.3 is 0 Å². The van der Waals surface area contributed by atoms with Gasteiger partial charge in [-0.25, -0.2) is 0 Å². The van der Waals surface area contributed by atoms with Gasteiger partial charge in [0.25, 0.3) is 0 Å². The highest BCUT2D eigenvalue weighted by Gasteiger charge is 2.03. The molecule has 0 radical (unpaired) electrons. The van der Waals surface area contributed by atoms with Gasteiger partial charge in [0.1, 0.15) is 0 Å². The number of carbonyl (C=O) groups is 1. The molecular formula is C12H15NO. The topological polar surface area (TPSA) is 43.1 Å². The Hall–Kier alpha value is -1.57. The average Bonchev–Trinajstić information content (AvgIpc) is 2.18. The number of nitrogens with two attached hydrogens (primary N) is 1. The first-order valence-electron chi connectivity index (χ1n) is 4.61. The van der Waals surface area contributed by atoms with Crippen LogP contribution < -0.4 is 5.73 Å². The molecule has 2 N–H and O–H groups in total. The first-order chi connectivity index (χ1) is 6.61. The van der Waals surface area contributed by atoms with Gasteiger partial charge in [-0.2, -0.15) is 0 Å². The summed E-state index contributed by atoms with van der Waals surface area (Å²) in [6.07, 6.45) is 0.787. The Kier molecular flexibility index (Phi) is 3.46. The summed E-state index contributed by atoms with van der Waals surface area (Å²) < 4.78 is 0. The van der Waals surface area contributed by atoms with Crippen LogP contribution in [-0.4, -0.2) is 5.91 Å². The number of rotatable bonds is 3. The molecule has 0 aliphatic heterocycles. The summed E-state index contributed by atoms with van der Waals surface area (Å²) in [6, 6.07) is 10.0. The maximum absolute atomic E-state index is 10.9. The number of primary amides is 1. The molecule has 0 fully saturated rings. The molecule has 0 aromatic heterocycles. The molecule has 0 unspecified atom stereocenters. The lowest BCUT2D eigenvalue weighted by atomic mass is 10.0. The lowest BCUT2D eigenvalue weighted by molar-refractivity contribution is -0.114. The van der Waals surface area contributed by atoms with Crippen LogP contribution in [0, 0.1) is 0 Å². The minimum Gasteiger partial charge on any atom is -0.366 e. The van der Waals surface area contributed by atoms with Crippen molar-refractivity contribution in [2.45, 2.75) is 20.3 Å². The molecule has 0 heterocycles. The minimum absolute atomic E-state index is 0.335. The quantitative estimate of drug-likeness (QED) is 0.726. The number of allylic oxidation sites excluding steroid dienone is 1. The fraction of sp³-hybridized carbons (Fsp3) is 0.250. The van der Waals surface area contributed by atoms with Gasteiger partial charge in [-0.1, -0.05) is 35.9 Å². The van der Waals surface area contributed by atoms with E-state index in [1.807, 2.05) is 37.3 Å². The summed E-state index contributed by atoms with van der Waals surface area (Å²) in [5.41, 5.74) is 8.09. The SMILES string of the molecule is CC(Cc1ccccc1)=C(C)C(N)=O. The summed E-state index contributed by atoms with van der Waals surface area (Å²) in [5, 5.41) is 0. The number of benzene rings is 1. The number of hydrogen-bond acceptors (Lipinski definition) is 1. The standard InChI is InChI=1S/C12H15NO/c1-9(10(2)12(13)14)8-11-6-4-3-5-7-11/h3-7H,8H2,1-2H3,(H2,13,14). The lowest BCUT2D eigenvalue weighted by Crippen LogP contribution is -2.13. The molecule has 0 spiro atoms. The highest BCUT2D eigenvalue weighted by molar-refractivity contribution is 5.92. The van der Waals surface area contributed by atoms with Crippen LogP contribution in [0.25, 0.3) is 0 Å². The van der Waals surface area contributed by atoms with Crippen molar-refractivity contribution < 1.29 is 4.79 Å². The Morgan fingerprint density at radius 1 is 1.21 bits per heavy atom. The van der Waals surface area contributed by atoms with Crippen LogP contribution in [0.15, 0.2) is 41.5 Å². The Bertz CT molecular complexity index is 352. The predicted molar refractivity (Wildman–Crippen MR) is 57.7 cm³/mol. The van der Waals surface area contributed by atoms with Gasteiger partial charge in [0.05, 0.1) is 0 Å². The Morgan fingerprint density at radius 2 is 1.79 bits per heavy atom. The molecule has 1 rings (SSSR count). The molecule has 1 aromatic rings. The molecule has 74 valence electrons. The maximum atomic E-state index is 10.9. The summed E-state index contributed by atoms with van der Waals surface area (Å²) >= 11 is 0. The zero-order valence-corrected chi connectivity index (χ0v) is 8.58. The van der Waals surface area contributed by atoms with E-state index in [0.717, 1.165) is 12.0 Å². The molecule has 1 aromatic carbocycles. The van der Waals surface area contributed by atoms with Crippen molar-refractivity contribution in [3.63, 3.8) is 0 Å². The Balaban J connectivity index is 2.80. The van der Waals surface area contributed by atoms with Crippen LogP contribution in [0.1, 0.15) is 19.4 Å². The largest absolute Gasteiger partial charge is 0.366 e. The van der Waals surface area contributed by atoms with Crippen molar-refractivity contribution in [1.82, 2.24) is 0 Å². The molecule has 0 bridgehead atoms. The van der Waals surface area contributed by atoms with E-state index in [1.54, 1.807) is 6.92 Å². The molecule has 2 nitrogen and oxygen atoms in total. The van der Waals surface area contributed by atoms with Crippen LogP contribution in [0.2, 0.25) is 0 Å². The van der Waals surface area contributed by atoms with Gasteiger partial charge in [0, 0.05) is 5.57 Å². The fourth-order valence-electron chi connectivity index (χ4n) is 1.24. The van der Waals surface area contributed by atoms with Gasteiger partial charge in [0.2, 0.25) is 5.91 Å². The molecule has 14 heavy (non-hydrogen) atoms. The number of carbonyl (C=O) groups excluding carboxylic acids is 1. The van der Waals surface area contributed by atoms with Gasteiger partial charge in [-0.05, 0) is 25.8 Å². The molecule has 2 heteroatoms. The second-order valence-electron chi connectivity index (χ2n) is 3.43. The zero-order chi connectivity index (χ0) is 10.6.